The van der Waals surface area contributed by atoms with Crippen LogP contribution in [0, 0.1) is 6.92 Å². The Morgan fingerprint density at radius 3 is 2.93 bits per heavy atom. The summed E-state index contributed by atoms with van der Waals surface area (Å²) in [6.45, 7) is 2.58. The van der Waals surface area contributed by atoms with E-state index in [-0.39, 0.29) is 5.78 Å². The molecule has 78 valence electrons. The van der Waals surface area contributed by atoms with E-state index in [9.17, 15) is 4.79 Å². The average molecular weight is 267 g/mol. The summed E-state index contributed by atoms with van der Waals surface area (Å²) in [6.07, 6.45) is 2.67. The number of carbonyl (C=O) groups is 1. The van der Waals surface area contributed by atoms with Crippen molar-refractivity contribution in [2.75, 3.05) is 6.61 Å². The summed E-state index contributed by atoms with van der Waals surface area (Å²) in [5.41, 5.74) is 1.74. The monoisotopic (exact) mass is 266 g/mol. The van der Waals surface area contributed by atoms with Crippen LogP contribution in [-0.4, -0.2) is 12.4 Å². The SMILES string of the molecule is Cc1ccc(Br)c(C(=O)C2=CCCO2)c1. The van der Waals surface area contributed by atoms with Crippen LogP contribution in [0.5, 0.6) is 0 Å². The molecular weight excluding hydrogens is 256 g/mol. The highest BCUT2D eigenvalue weighted by Crippen LogP contribution is 2.23. The normalized spacial score (nSPS) is 14.7. The molecule has 1 aliphatic rings. The summed E-state index contributed by atoms with van der Waals surface area (Å²) in [4.78, 5) is 12.0. The number of halogens is 1. The third-order valence-electron chi connectivity index (χ3n) is 2.30. The average Bonchev–Trinajstić information content (AvgIpc) is 2.74. The van der Waals surface area contributed by atoms with Crippen molar-refractivity contribution < 1.29 is 9.53 Å². The fraction of sp³-hybridized carbons (Fsp3) is 0.250. The molecule has 1 heterocycles. The van der Waals surface area contributed by atoms with E-state index in [1.807, 2.05) is 31.2 Å². The lowest BCUT2D eigenvalue weighted by Crippen LogP contribution is -2.05. The highest BCUT2D eigenvalue weighted by molar-refractivity contribution is 9.10. The highest BCUT2D eigenvalue weighted by atomic mass is 79.9. The summed E-state index contributed by atoms with van der Waals surface area (Å²) >= 11 is 3.37. The van der Waals surface area contributed by atoms with Crippen LogP contribution in [0.15, 0.2) is 34.5 Å². The summed E-state index contributed by atoms with van der Waals surface area (Å²) < 4.78 is 6.07. The van der Waals surface area contributed by atoms with E-state index >= 15 is 0 Å². The van der Waals surface area contributed by atoms with Crippen LogP contribution in [0.1, 0.15) is 22.3 Å². The van der Waals surface area contributed by atoms with Crippen molar-refractivity contribution >= 4 is 21.7 Å². The molecule has 0 spiro atoms. The molecule has 1 aromatic carbocycles. The number of benzene rings is 1. The van der Waals surface area contributed by atoms with E-state index in [2.05, 4.69) is 15.9 Å². The number of Topliss-reactive ketones (excluding diaryl/α,β-unsaturated/α-hetero) is 1. The minimum absolute atomic E-state index is 0.0388. The van der Waals surface area contributed by atoms with E-state index < -0.39 is 0 Å². The molecule has 0 saturated heterocycles. The van der Waals surface area contributed by atoms with Crippen LogP contribution < -0.4 is 0 Å². The standard InChI is InChI=1S/C12H11BrO2/c1-8-4-5-10(13)9(7-8)12(14)11-3-2-6-15-11/h3-5,7H,2,6H2,1H3. The number of ether oxygens (including phenoxy) is 1. The van der Waals surface area contributed by atoms with Gasteiger partial charge >= 0.3 is 0 Å². The molecule has 0 atom stereocenters. The Morgan fingerprint density at radius 2 is 2.27 bits per heavy atom. The molecule has 0 saturated carbocycles. The predicted molar refractivity (Wildman–Crippen MR) is 61.9 cm³/mol. The van der Waals surface area contributed by atoms with Gasteiger partial charge in [0.25, 0.3) is 0 Å². The maximum atomic E-state index is 12.0. The van der Waals surface area contributed by atoms with Gasteiger partial charge in [-0.15, -0.1) is 0 Å². The third-order valence-corrected chi connectivity index (χ3v) is 2.99. The lowest BCUT2D eigenvalue weighted by Gasteiger charge is -2.06. The van der Waals surface area contributed by atoms with E-state index in [0.717, 1.165) is 16.5 Å². The predicted octanol–water partition coefficient (Wildman–Crippen LogP) is 3.24. The first-order valence-electron chi connectivity index (χ1n) is 4.82. The Morgan fingerprint density at radius 1 is 1.47 bits per heavy atom. The summed E-state index contributed by atoms with van der Waals surface area (Å²) in [7, 11) is 0. The molecule has 15 heavy (non-hydrogen) atoms. The first-order chi connectivity index (χ1) is 7.18. The van der Waals surface area contributed by atoms with Gasteiger partial charge in [0.1, 0.15) is 0 Å². The van der Waals surface area contributed by atoms with Crippen LogP contribution in [0.3, 0.4) is 0 Å². The molecule has 2 nitrogen and oxygen atoms in total. The van der Waals surface area contributed by atoms with Gasteiger partial charge in [-0.25, -0.2) is 0 Å². The van der Waals surface area contributed by atoms with Gasteiger partial charge in [-0.1, -0.05) is 27.6 Å². The zero-order chi connectivity index (χ0) is 10.8. The Kier molecular flexibility index (Phi) is 2.91. The Hall–Kier alpha value is -1.09. The Labute approximate surface area is 97.1 Å². The number of ketones is 1. The molecular formula is C12H11BrO2. The molecule has 0 aromatic heterocycles. The van der Waals surface area contributed by atoms with Crippen molar-refractivity contribution in [3.63, 3.8) is 0 Å². The zero-order valence-electron chi connectivity index (χ0n) is 8.42. The van der Waals surface area contributed by atoms with Crippen LogP contribution >= 0.6 is 15.9 Å². The smallest absolute Gasteiger partial charge is 0.228 e. The minimum atomic E-state index is -0.0388. The van der Waals surface area contributed by atoms with Gasteiger partial charge in [0.2, 0.25) is 5.78 Å². The van der Waals surface area contributed by atoms with Gasteiger partial charge in [0.15, 0.2) is 5.76 Å². The van der Waals surface area contributed by atoms with Gasteiger partial charge < -0.3 is 4.74 Å². The topological polar surface area (TPSA) is 26.3 Å². The molecule has 3 heteroatoms. The molecule has 0 amide bonds. The summed E-state index contributed by atoms with van der Waals surface area (Å²) in [5, 5.41) is 0. The number of carbonyl (C=O) groups excluding carboxylic acids is 1. The summed E-state index contributed by atoms with van der Waals surface area (Å²) in [6, 6.07) is 5.72. The maximum Gasteiger partial charge on any atom is 0.228 e. The molecule has 0 radical (unpaired) electrons. The van der Waals surface area contributed by atoms with Crippen LogP contribution in [0.2, 0.25) is 0 Å². The lowest BCUT2D eigenvalue weighted by molar-refractivity contribution is 0.0941. The van der Waals surface area contributed by atoms with Crippen molar-refractivity contribution in [3.05, 3.63) is 45.6 Å². The van der Waals surface area contributed by atoms with E-state index in [0.29, 0.717) is 17.9 Å². The molecule has 0 aliphatic carbocycles. The van der Waals surface area contributed by atoms with Gasteiger partial charge in [-0.05, 0) is 25.1 Å². The van der Waals surface area contributed by atoms with E-state index in [1.54, 1.807) is 0 Å². The second-order valence-electron chi connectivity index (χ2n) is 3.52. The number of allylic oxidation sites excluding steroid dienone is 1. The molecule has 1 aromatic rings. The first kappa shape index (κ1) is 10.4. The molecule has 2 rings (SSSR count). The van der Waals surface area contributed by atoms with E-state index in [1.165, 1.54) is 0 Å². The van der Waals surface area contributed by atoms with Crippen molar-refractivity contribution in [1.29, 1.82) is 0 Å². The largest absolute Gasteiger partial charge is 0.489 e. The highest BCUT2D eigenvalue weighted by Gasteiger charge is 2.19. The van der Waals surface area contributed by atoms with Gasteiger partial charge in [0, 0.05) is 16.5 Å². The Balaban J connectivity index is 2.36. The van der Waals surface area contributed by atoms with Gasteiger partial charge in [-0.2, -0.15) is 0 Å². The quantitative estimate of drug-likeness (QED) is 0.769. The molecule has 0 bridgehead atoms. The third kappa shape index (κ3) is 2.12. The van der Waals surface area contributed by atoms with Crippen LogP contribution in [-0.2, 0) is 4.74 Å². The number of hydrogen-bond acceptors (Lipinski definition) is 2. The van der Waals surface area contributed by atoms with Crippen molar-refractivity contribution in [3.8, 4) is 0 Å². The molecule has 1 aliphatic heterocycles. The summed E-state index contributed by atoms with van der Waals surface area (Å²) in [5.74, 6) is 0.435. The van der Waals surface area contributed by atoms with Crippen molar-refractivity contribution in [1.82, 2.24) is 0 Å². The number of rotatable bonds is 2. The second kappa shape index (κ2) is 4.19. The number of hydrogen-bond donors (Lipinski definition) is 0. The van der Waals surface area contributed by atoms with Gasteiger partial charge in [0.05, 0.1) is 6.61 Å². The lowest BCUT2D eigenvalue weighted by atomic mass is 10.1. The number of aryl methyl sites for hydroxylation is 1. The first-order valence-corrected chi connectivity index (χ1v) is 5.61. The zero-order valence-corrected chi connectivity index (χ0v) is 10.0. The van der Waals surface area contributed by atoms with E-state index in [4.69, 9.17) is 4.74 Å². The second-order valence-corrected chi connectivity index (χ2v) is 4.37. The molecule has 0 fully saturated rings. The minimum Gasteiger partial charge on any atom is -0.489 e. The molecule has 0 unspecified atom stereocenters. The Bertz CT molecular complexity index is 435. The fourth-order valence-electron chi connectivity index (χ4n) is 1.52. The van der Waals surface area contributed by atoms with Crippen LogP contribution in [0.4, 0.5) is 0 Å². The van der Waals surface area contributed by atoms with Crippen molar-refractivity contribution in [2.24, 2.45) is 0 Å². The van der Waals surface area contributed by atoms with Gasteiger partial charge in [-0.3, -0.25) is 4.79 Å². The van der Waals surface area contributed by atoms with Crippen LogP contribution in [0.25, 0.3) is 0 Å². The molecule has 0 N–H and O–H groups in total. The van der Waals surface area contributed by atoms with Crippen molar-refractivity contribution in [2.45, 2.75) is 13.3 Å². The maximum absolute atomic E-state index is 12.0. The fourth-order valence-corrected chi connectivity index (χ4v) is 1.95.